The summed E-state index contributed by atoms with van der Waals surface area (Å²) in [4.78, 5) is 0. The molecule has 0 aliphatic carbocycles. The third-order valence-electron chi connectivity index (χ3n) is 0.545. The largest absolute Gasteiger partial charge is 0.248 e. The number of rotatable bonds is 1. The molecule has 2 nitrogen and oxygen atoms in total. The fourth-order valence-electron chi connectivity index (χ4n) is 0. The van der Waals surface area contributed by atoms with Crippen molar-refractivity contribution in [2.75, 3.05) is 0 Å². The zero-order chi connectivity index (χ0) is 6.08. The molecule has 0 aromatic carbocycles. The first kappa shape index (κ1) is 6.98. The molecular weight excluding hydrogens is 110 g/mol. The number of hydrogen-bond donors (Lipinski definition) is 1. The maximum atomic E-state index is 10.3. The van der Waals surface area contributed by atoms with Crippen molar-refractivity contribution in [1.82, 2.24) is 0 Å². The van der Waals surface area contributed by atoms with Crippen molar-refractivity contribution < 1.29 is 4.21 Å². The van der Waals surface area contributed by atoms with Crippen LogP contribution in [0.4, 0.5) is 0 Å². The van der Waals surface area contributed by atoms with Crippen LogP contribution in [-0.2, 0) is 11.0 Å². The summed E-state index contributed by atoms with van der Waals surface area (Å²) in [5.41, 5.74) is 0. The molecule has 0 amide bonds. The lowest BCUT2D eigenvalue weighted by atomic mass is 10.3. The van der Waals surface area contributed by atoms with Gasteiger partial charge in [0.15, 0.2) is 4.75 Å². The van der Waals surface area contributed by atoms with Crippen LogP contribution in [0.1, 0.15) is 13.8 Å². The van der Waals surface area contributed by atoms with Crippen LogP contribution in [0, 0.1) is 6.92 Å². The van der Waals surface area contributed by atoms with Crippen molar-refractivity contribution in [3.8, 4) is 0 Å². The topological polar surface area (TPSA) is 43.1 Å². The highest BCUT2D eigenvalue weighted by atomic mass is 32.2. The second-order valence-electron chi connectivity index (χ2n) is 2.06. The van der Waals surface area contributed by atoms with Crippen LogP contribution in [0.5, 0.6) is 0 Å². The van der Waals surface area contributed by atoms with Gasteiger partial charge in [-0.1, -0.05) is 0 Å². The van der Waals surface area contributed by atoms with E-state index in [1.165, 1.54) is 0 Å². The highest BCUT2D eigenvalue weighted by Gasteiger charge is 2.23. The van der Waals surface area contributed by atoms with E-state index in [2.05, 4.69) is 6.92 Å². The van der Waals surface area contributed by atoms with E-state index in [-0.39, 0.29) is 0 Å². The molecule has 0 heterocycles. The predicted octanol–water partition coefficient (Wildman–Crippen LogP) is 0.221. The third-order valence-corrected chi connectivity index (χ3v) is 1.63. The summed E-state index contributed by atoms with van der Waals surface area (Å²) < 4.78 is 9.79. The minimum Gasteiger partial charge on any atom is -0.248 e. The molecule has 0 bridgehead atoms. The van der Waals surface area contributed by atoms with Gasteiger partial charge in [0.2, 0.25) is 0 Å². The van der Waals surface area contributed by atoms with Gasteiger partial charge in [-0.15, -0.1) is 0 Å². The normalized spacial score (nSPS) is 16.4. The van der Waals surface area contributed by atoms with Crippen molar-refractivity contribution in [2.24, 2.45) is 5.14 Å². The monoisotopic (exact) mass is 120 g/mol. The third kappa shape index (κ3) is 2.65. The molecule has 0 aromatic heterocycles. The minimum atomic E-state index is -1.29. The Morgan fingerprint density at radius 2 is 1.86 bits per heavy atom. The van der Waals surface area contributed by atoms with Crippen molar-refractivity contribution >= 4 is 11.0 Å². The molecule has 1 atom stereocenters. The zero-order valence-corrected chi connectivity index (χ0v) is 5.42. The van der Waals surface area contributed by atoms with Crippen LogP contribution in [-0.4, -0.2) is 8.96 Å². The number of nitrogens with two attached hydrogens (primary N) is 1. The number of hydrogen-bond acceptors (Lipinski definition) is 1. The lowest BCUT2D eigenvalue weighted by Crippen LogP contribution is -2.27. The molecular formula is C4H10NOS+. The Morgan fingerprint density at radius 1 is 1.71 bits per heavy atom. The summed E-state index contributed by atoms with van der Waals surface area (Å²) in [7, 11) is -1.29. The quantitative estimate of drug-likeness (QED) is 0.494. The smallest absolute Gasteiger partial charge is 0.187 e. The lowest BCUT2D eigenvalue weighted by Gasteiger charge is -2.03. The van der Waals surface area contributed by atoms with E-state index in [9.17, 15) is 4.21 Å². The molecule has 0 aliphatic rings. The Labute approximate surface area is 46.7 Å². The van der Waals surface area contributed by atoms with Gasteiger partial charge in [-0.05, 0) is 13.8 Å². The molecule has 0 unspecified atom stereocenters. The average molecular weight is 120 g/mol. The van der Waals surface area contributed by atoms with Crippen LogP contribution >= 0.6 is 0 Å². The molecule has 0 fully saturated rings. The predicted molar refractivity (Wildman–Crippen MR) is 31.8 cm³/mol. The van der Waals surface area contributed by atoms with E-state index in [0.717, 1.165) is 0 Å². The van der Waals surface area contributed by atoms with Gasteiger partial charge in [0.25, 0.3) is 0 Å². The van der Waals surface area contributed by atoms with Crippen molar-refractivity contribution in [3.63, 3.8) is 0 Å². The Hall–Kier alpha value is -0.0200. The summed E-state index contributed by atoms with van der Waals surface area (Å²) >= 11 is 0. The summed E-state index contributed by atoms with van der Waals surface area (Å²) in [5.74, 6) is 0. The first-order valence-corrected chi connectivity index (χ1v) is 3.17. The zero-order valence-electron chi connectivity index (χ0n) is 4.60. The Kier molecular flexibility index (Phi) is 1.83. The van der Waals surface area contributed by atoms with Crippen molar-refractivity contribution in [1.29, 1.82) is 0 Å². The fraction of sp³-hybridized carbons (Fsp3) is 0.750. The van der Waals surface area contributed by atoms with E-state index < -0.39 is 15.7 Å². The van der Waals surface area contributed by atoms with Crippen LogP contribution in [0.2, 0.25) is 0 Å². The standard InChI is InChI=1S/C4H10NOS/c1-4(2,3)7(5)6/h1,5H2,2-3H3/q+1/t7-/m1/s1. The molecule has 0 saturated heterocycles. The van der Waals surface area contributed by atoms with Crippen LogP contribution in [0.15, 0.2) is 0 Å². The summed E-state index contributed by atoms with van der Waals surface area (Å²) in [6.07, 6.45) is 0. The second kappa shape index (κ2) is 1.84. The first-order valence-electron chi connectivity index (χ1n) is 1.96. The molecule has 0 aromatic rings. The van der Waals surface area contributed by atoms with Crippen LogP contribution < -0.4 is 5.14 Å². The van der Waals surface area contributed by atoms with Gasteiger partial charge >= 0.3 is 0 Å². The van der Waals surface area contributed by atoms with Crippen LogP contribution in [0.3, 0.4) is 0 Å². The summed E-state index contributed by atoms with van der Waals surface area (Å²) in [6, 6.07) is 0. The summed E-state index contributed by atoms with van der Waals surface area (Å²) in [6.45, 7) is 7.00. The molecule has 0 radical (unpaired) electrons. The molecule has 42 valence electrons. The van der Waals surface area contributed by atoms with Gasteiger partial charge in [-0.3, -0.25) is 0 Å². The molecule has 0 spiro atoms. The van der Waals surface area contributed by atoms with Gasteiger partial charge in [-0.25, -0.2) is 9.35 Å². The molecule has 0 rings (SSSR count). The molecule has 2 N–H and O–H groups in total. The molecule has 3 heteroatoms. The SMILES string of the molecule is [CH2+]C(C)(C)[S@](N)=O. The Balaban J connectivity index is 3.79. The lowest BCUT2D eigenvalue weighted by molar-refractivity contribution is 0.664. The van der Waals surface area contributed by atoms with E-state index in [1.807, 2.05) is 0 Å². The van der Waals surface area contributed by atoms with Crippen molar-refractivity contribution in [3.05, 3.63) is 6.92 Å². The van der Waals surface area contributed by atoms with Gasteiger partial charge in [-0.2, -0.15) is 0 Å². The maximum Gasteiger partial charge on any atom is 0.187 e. The van der Waals surface area contributed by atoms with E-state index in [1.54, 1.807) is 13.8 Å². The minimum absolute atomic E-state index is 0.500. The average Bonchev–Trinajstić information content (AvgIpc) is 1.31. The van der Waals surface area contributed by atoms with Gasteiger partial charge in [0.05, 0.1) is 6.92 Å². The first-order chi connectivity index (χ1) is 2.94. The van der Waals surface area contributed by atoms with Crippen LogP contribution in [0.25, 0.3) is 0 Å². The van der Waals surface area contributed by atoms with E-state index >= 15 is 0 Å². The van der Waals surface area contributed by atoms with E-state index in [0.29, 0.717) is 0 Å². The molecule has 0 aliphatic heterocycles. The summed E-state index contributed by atoms with van der Waals surface area (Å²) in [5, 5.41) is 4.98. The fourth-order valence-corrected chi connectivity index (χ4v) is 0. The second-order valence-corrected chi connectivity index (χ2v) is 3.76. The van der Waals surface area contributed by atoms with Crippen molar-refractivity contribution in [2.45, 2.75) is 18.6 Å². The Morgan fingerprint density at radius 3 is 1.86 bits per heavy atom. The highest BCUT2D eigenvalue weighted by Crippen LogP contribution is 2.04. The van der Waals surface area contributed by atoms with Gasteiger partial charge in [0, 0.05) is 0 Å². The van der Waals surface area contributed by atoms with Gasteiger partial charge < -0.3 is 0 Å². The molecule has 0 saturated carbocycles. The Bertz CT molecular complexity index is 84.2. The van der Waals surface area contributed by atoms with Gasteiger partial charge in [0.1, 0.15) is 11.0 Å². The highest BCUT2D eigenvalue weighted by molar-refractivity contribution is 7.84. The molecule has 7 heavy (non-hydrogen) atoms. The van der Waals surface area contributed by atoms with E-state index in [4.69, 9.17) is 5.14 Å². The maximum absolute atomic E-state index is 10.3.